The van der Waals surface area contributed by atoms with Crippen molar-refractivity contribution < 1.29 is 9.53 Å². The Labute approximate surface area is 86.2 Å². The van der Waals surface area contributed by atoms with E-state index in [1.54, 1.807) is 0 Å². The lowest BCUT2D eigenvalue weighted by Crippen LogP contribution is -2.15. The zero-order valence-corrected chi connectivity index (χ0v) is 8.84. The molecule has 0 aliphatic rings. The number of nitrogens with one attached hydrogen (secondary N) is 1. The smallest absolute Gasteiger partial charge is 0.305 e. The van der Waals surface area contributed by atoms with Crippen molar-refractivity contribution >= 4 is 5.97 Å². The number of ether oxygens (including phenoxy) is 1. The second-order valence-corrected chi connectivity index (χ2v) is 3.00. The molecule has 0 saturated carbocycles. The lowest BCUT2D eigenvalue weighted by atomic mass is 10.2. The van der Waals surface area contributed by atoms with Gasteiger partial charge in [-0.3, -0.25) is 4.79 Å². The van der Waals surface area contributed by atoms with E-state index in [2.05, 4.69) is 11.2 Å². The van der Waals surface area contributed by atoms with Crippen LogP contribution in [-0.4, -0.2) is 25.7 Å². The highest BCUT2D eigenvalue weighted by atomic mass is 16.5. The van der Waals surface area contributed by atoms with Crippen LogP contribution in [0.1, 0.15) is 32.6 Å². The molecule has 0 bridgehead atoms. The molecule has 14 heavy (non-hydrogen) atoms. The average Bonchev–Trinajstić information content (AvgIpc) is 2.17. The molecule has 0 aliphatic carbocycles. The van der Waals surface area contributed by atoms with Crippen molar-refractivity contribution in [1.82, 2.24) is 5.32 Å². The van der Waals surface area contributed by atoms with Crippen LogP contribution in [-0.2, 0) is 9.53 Å². The molecule has 0 aliphatic heterocycles. The number of unbranched alkanes of at least 4 members (excludes halogenated alkanes) is 2. The molecule has 0 aromatic heterocycles. The Kier molecular flexibility index (Phi) is 9.35. The lowest BCUT2D eigenvalue weighted by Gasteiger charge is -2.02. The van der Waals surface area contributed by atoms with Crippen molar-refractivity contribution in [3.05, 3.63) is 0 Å². The van der Waals surface area contributed by atoms with E-state index in [9.17, 15) is 4.79 Å². The molecular weight excluding hydrogens is 178 g/mol. The van der Waals surface area contributed by atoms with Crippen LogP contribution in [0.4, 0.5) is 0 Å². The van der Waals surface area contributed by atoms with Crippen molar-refractivity contribution in [1.29, 1.82) is 0 Å². The summed E-state index contributed by atoms with van der Waals surface area (Å²) in [7, 11) is 0. The number of carbonyl (C=O) groups excluding carboxylic acids is 1. The fraction of sp³-hybridized carbons (Fsp3) is 0.727. The molecule has 0 atom stereocenters. The summed E-state index contributed by atoms with van der Waals surface area (Å²) in [6.07, 6.45) is 8.59. The number of hydrogen-bond donors (Lipinski definition) is 1. The highest BCUT2D eigenvalue weighted by Crippen LogP contribution is 2.00. The van der Waals surface area contributed by atoms with Gasteiger partial charge in [-0.25, -0.2) is 0 Å². The van der Waals surface area contributed by atoms with Gasteiger partial charge in [-0.2, -0.15) is 0 Å². The summed E-state index contributed by atoms with van der Waals surface area (Å²) in [5.74, 6) is 2.41. The number of rotatable bonds is 8. The molecule has 0 amide bonds. The predicted octanol–water partition coefficient (Wildman–Crippen LogP) is 1.33. The zero-order chi connectivity index (χ0) is 10.6. The second-order valence-electron chi connectivity index (χ2n) is 3.00. The number of carbonyl (C=O) groups is 1. The Morgan fingerprint density at radius 2 is 2.21 bits per heavy atom. The molecule has 0 radical (unpaired) electrons. The molecule has 1 N–H and O–H groups in total. The van der Waals surface area contributed by atoms with Gasteiger partial charge in [0, 0.05) is 6.42 Å². The van der Waals surface area contributed by atoms with Gasteiger partial charge in [0.15, 0.2) is 0 Å². The second kappa shape index (κ2) is 10.1. The molecule has 0 unspecified atom stereocenters. The van der Waals surface area contributed by atoms with E-state index in [0.717, 1.165) is 25.8 Å². The van der Waals surface area contributed by atoms with Gasteiger partial charge in [0.1, 0.15) is 0 Å². The number of terminal acetylenes is 1. The fourth-order valence-corrected chi connectivity index (χ4v) is 1.09. The third kappa shape index (κ3) is 9.08. The third-order valence-electron chi connectivity index (χ3n) is 1.77. The predicted molar refractivity (Wildman–Crippen MR) is 56.8 cm³/mol. The summed E-state index contributed by atoms with van der Waals surface area (Å²) in [6, 6.07) is 0. The van der Waals surface area contributed by atoms with Crippen LogP contribution in [0.15, 0.2) is 0 Å². The van der Waals surface area contributed by atoms with Crippen LogP contribution in [0, 0.1) is 12.3 Å². The SMILES string of the molecule is C#CCNCCCCCC(=O)OCC. The highest BCUT2D eigenvalue weighted by molar-refractivity contribution is 5.69. The van der Waals surface area contributed by atoms with Gasteiger partial charge in [-0.15, -0.1) is 6.42 Å². The van der Waals surface area contributed by atoms with E-state index < -0.39 is 0 Å². The van der Waals surface area contributed by atoms with Crippen LogP contribution in [0.5, 0.6) is 0 Å². The van der Waals surface area contributed by atoms with E-state index in [0.29, 0.717) is 19.6 Å². The summed E-state index contributed by atoms with van der Waals surface area (Å²) >= 11 is 0. The quantitative estimate of drug-likeness (QED) is 0.362. The maximum Gasteiger partial charge on any atom is 0.305 e. The zero-order valence-electron chi connectivity index (χ0n) is 8.84. The van der Waals surface area contributed by atoms with Gasteiger partial charge in [-0.1, -0.05) is 12.3 Å². The van der Waals surface area contributed by atoms with E-state index in [-0.39, 0.29) is 5.97 Å². The Balaban J connectivity index is 3.06. The van der Waals surface area contributed by atoms with E-state index in [1.807, 2.05) is 6.92 Å². The topological polar surface area (TPSA) is 38.3 Å². The maximum absolute atomic E-state index is 10.9. The molecule has 0 saturated heterocycles. The summed E-state index contributed by atoms with van der Waals surface area (Å²) in [6.45, 7) is 3.84. The molecule has 0 aromatic carbocycles. The normalized spacial score (nSPS) is 9.43. The van der Waals surface area contributed by atoms with Gasteiger partial charge in [0.05, 0.1) is 13.2 Å². The first kappa shape index (κ1) is 13.0. The van der Waals surface area contributed by atoms with E-state index >= 15 is 0 Å². The fourth-order valence-electron chi connectivity index (χ4n) is 1.09. The first-order valence-electron chi connectivity index (χ1n) is 5.11. The van der Waals surface area contributed by atoms with E-state index in [1.165, 1.54) is 0 Å². The summed E-state index contributed by atoms with van der Waals surface area (Å²) in [4.78, 5) is 10.9. The largest absolute Gasteiger partial charge is 0.466 e. The number of esters is 1. The van der Waals surface area contributed by atoms with Crippen LogP contribution in [0.25, 0.3) is 0 Å². The summed E-state index contributed by atoms with van der Waals surface area (Å²) < 4.78 is 4.81. The Morgan fingerprint density at radius 1 is 1.43 bits per heavy atom. The molecule has 3 heteroatoms. The monoisotopic (exact) mass is 197 g/mol. The average molecular weight is 197 g/mol. The van der Waals surface area contributed by atoms with Gasteiger partial charge in [0.25, 0.3) is 0 Å². The Hall–Kier alpha value is -1.01. The minimum Gasteiger partial charge on any atom is -0.466 e. The highest BCUT2D eigenvalue weighted by Gasteiger charge is 1.99. The van der Waals surface area contributed by atoms with Gasteiger partial charge in [-0.05, 0) is 26.3 Å². The molecule has 0 heterocycles. The minimum atomic E-state index is -0.0934. The first-order valence-corrected chi connectivity index (χ1v) is 5.11. The summed E-state index contributed by atoms with van der Waals surface area (Å²) in [5.41, 5.74) is 0. The van der Waals surface area contributed by atoms with Crippen molar-refractivity contribution in [3.8, 4) is 12.3 Å². The van der Waals surface area contributed by atoms with Crippen LogP contribution < -0.4 is 5.32 Å². The van der Waals surface area contributed by atoms with Crippen molar-refractivity contribution in [2.45, 2.75) is 32.6 Å². The Morgan fingerprint density at radius 3 is 2.86 bits per heavy atom. The maximum atomic E-state index is 10.9. The van der Waals surface area contributed by atoms with Crippen LogP contribution in [0.3, 0.4) is 0 Å². The molecule has 0 rings (SSSR count). The Bertz CT molecular complexity index is 184. The molecule has 80 valence electrons. The van der Waals surface area contributed by atoms with E-state index in [4.69, 9.17) is 11.2 Å². The van der Waals surface area contributed by atoms with Crippen molar-refractivity contribution in [2.24, 2.45) is 0 Å². The van der Waals surface area contributed by atoms with Gasteiger partial charge >= 0.3 is 5.97 Å². The molecule has 3 nitrogen and oxygen atoms in total. The molecular formula is C11H19NO2. The van der Waals surface area contributed by atoms with Gasteiger partial charge < -0.3 is 10.1 Å². The number of hydrogen-bond acceptors (Lipinski definition) is 3. The third-order valence-corrected chi connectivity index (χ3v) is 1.77. The standard InChI is InChI=1S/C11H19NO2/c1-3-9-12-10-7-5-6-8-11(13)14-4-2/h1,12H,4-10H2,2H3. The lowest BCUT2D eigenvalue weighted by molar-refractivity contribution is -0.143. The first-order chi connectivity index (χ1) is 6.81. The minimum absolute atomic E-state index is 0.0934. The molecule has 0 fully saturated rings. The van der Waals surface area contributed by atoms with Crippen molar-refractivity contribution in [3.63, 3.8) is 0 Å². The summed E-state index contributed by atoms with van der Waals surface area (Å²) in [5, 5.41) is 3.10. The van der Waals surface area contributed by atoms with Crippen molar-refractivity contribution in [2.75, 3.05) is 19.7 Å². The molecule has 0 aromatic rings. The van der Waals surface area contributed by atoms with Crippen LogP contribution >= 0.6 is 0 Å². The van der Waals surface area contributed by atoms with Gasteiger partial charge in [0.2, 0.25) is 0 Å². The van der Waals surface area contributed by atoms with Crippen LogP contribution in [0.2, 0.25) is 0 Å². The molecule has 0 spiro atoms.